The quantitative estimate of drug-likeness (QED) is 0.717. The second-order valence-corrected chi connectivity index (χ2v) is 3.57. The number of hydrogen-bond acceptors (Lipinski definition) is 3. The highest BCUT2D eigenvalue weighted by Crippen LogP contribution is 2.03. The van der Waals surface area contributed by atoms with Gasteiger partial charge in [-0.3, -0.25) is 9.59 Å². The molecular weight excluding hydrogens is 242 g/mol. The smallest absolute Gasteiger partial charge is 0.248 e. The number of benzene rings is 1. The lowest BCUT2D eigenvalue weighted by Gasteiger charge is -2.07. The maximum absolute atomic E-state index is 11.2. The minimum atomic E-state index is -0.523. The number of halogens is 1. The van der Waals surface area contributed by atoms with Crippen LogP contribution in [0.1, 0.15) is 22.8 Å². The topological polar surface area (TPSA) is 98.2 Å². The Morgan fingerprint density at radius 1 is 1.29 bits per heavy atom. The summed E-state index contributed by atoms with van der Waals surface area (Å²) in [5, 5.41) is 2.67. The van der Waals surface area contributed by atoms with Crippen molar-refractivity contribution in [2.75, 3.05) is 0 Å². The third kappa shape index (κ3) is 4.84. The number of amides is 2. The van der Waals surface area contributed by atoms with Crippen LogP contribution in [0.3, 0.4) is 0 Å². The first kappa shape index (κ1) is 15.4. The van der Waals surface area contributed by atoms with Gasteiger partial charge in [0.1, 0.15) is 0 Å². The summed E-state index contributed by atoms with van der Waals surface area (Å²) >= 11 is 0. The van der Waals surface area contributed by atoms with Gasteiger partial charge in [-0.1, -0.05) is 12.1 Å². The Morgan fingerprint density at radius 2 is 1.82 bits per heavy atom. The second-order valence-electron chi connectivity index (χ2n) is 3.57. The summed E-state index contributed by atoms with van der Waals surface area (Å²) in [6, 6.07) is 6.19. The maximum Gasteiger partial charge on any atom is 0.248 e. The van der Waals surface area contributed by atoms with E-state index in [1.165, 1.54) is 0 Å². The molecule has 0 spiro atoms. The highest BCUT2D eigenvalue weighted by Gasteiger charge is 2.06. The molecule has 1 atom stereocenters. The van der Waals surface area contributed by atoms with Gasteiger partial charge in [-0.2, -0.15) is 0 Å². The number of carbonyl (C=O) groups excluding carboxylic acids is 2. The molecule has 5 N–H and O–H groups in total. The van der Waals surface area contributed by atoms with Crippen LogP contribution in [0.15, 0.2) is 24.3 Å². The largest absolute Gasteiger partial charge is 0.366 e. The summed E-state index contributed by atoms with van der Waals surface area (Å²) in [6.45, 7) is 2.00. The standard InChI is InChI=1S/C11H15N3O2.ClH/c1-7(12)11(16)14-6-8-2-4-9(5-3-8)10(13)15;/h2-5,7H,6,12H2,1H3,(H2,13,15)(H,14,16);1H. The van der Waals surface area contributed by atoms with Gasteiger partial charge < -0.3 is 16.8 Å². The number of nitrogens with one attached hydrogen (secondary N) is 1. The van der Waals surface area contributed by atoms with Crippen molar-refractivity contribution in [1.29, 1.82) is 0 Å². The van der Waals surface area contributed by atoms with Crippen molar-refractivity contribution in [3.05, 3.63) is 35.4 Å². The molecule has 94 valence electrons. The highest BCUT2D eigenvalue weighted by molar-refractivity contribution is 5.92. The Balaban J connectivity index is 0.00000256. The van der Waals surface area contributed by atoms with Gasteiger partial charge in [0.2, 0.25) is 11.8 Å². The van der Waals surface area contributed by atoms with Gasteiger partial charge in [0.05, 0.1) is 6.04 Å². The summed E-state index contributed by atoms with van der Waals surface area (Å²) < 4.78 is 0. The van der Waals surface area contributed by atoms with Crippen LogP contribution in [-0.2, 0) is 11.3 Å². The molecule has 17 heavy (non-hydrogen) atoms. The van der Waals surface area contributed by atoms with Crippen molar-refractivity contribution < 1.29 is 9.59 Å². The molecule has 0 saturated heterocycles. The van der Waals surface area contributed by atoms with E-state index in [2.05, 4.69) is 5.32 Å². The van der Waals surface area contributed by atoms with Gasteiger partial charge in [-0.05, 0) is 24.6 Å². The fourth-order valence-corrected chi connectivity index (χ4v) is 1.14. The van der Waals surface area contributed by atoms with Gasteiger partial charge in [0.15, 0.2) is 0 Å². The van der Waals surface area contributed by atoms with Crippen molar-refractivity contribution >= 4 is 24.2 Å². The number of hydrogen-bond donors (Lipinski definition) is 3. The average Bonchev–Trinajstić information content (AvgIpc) is 2.26. The van der Waals surface area contributed by atoms with Crippen molar-refractivity contribution in [3.8, 4) is 0 Å². The van der Waals surface area contributed by atoms with Crippen LogP contribution >= 0.6 is 12.4 Å². The van der Waals surface area contributed by atoms with Crippen LogP contribution in [0.2, 0.25) is 0 Å². The summed E-state index contributed by atoms with van der Waals surface area (Å²) in [6.07, 6.45) is 0. The molecule has 0 aliphatic rings. The predicted octanol–water partition coefficient (Wildman–Crippen LogP) is 0.171. The normalized spacial score (nSPS) is 11.2. The minimum absolute atomic E-state index is 0. The van der Waals surface area contributed by atoms with E-state index in [9.17, 15) is 9.59 Å². The summed E-state index contributed by atoms with van der Waals surface area (Å²) in [5.41, 5.74) is 11.8. The van der Waals surface area contributed by atoms with E-state index in [1.54, 1.807) is 31.2 Å². The predicted molar refractivity (Wildman–Crippen MR) is 67.7 cm³/mol. The van der Waals surface area contributed by atoms with Crippen LogP contribution in [0.4, 0.5) is 0 Å². The molecule has 0 saturated carbocycles. The first-order valence-electron chi connectivity index (χ1n) is 4.92. The third-order valence-electron chi connectivity index (χ3n) is 2.12. The first-order chi connectivity index (χ1) is 7.50. The lowest BCUT2D eigenvalue weighted by Crippen LogP contribution is -2.37. The van der Waals surface area contributed by atoms with E-state index in [1.807, 2.05) is 0 Å². The zero-order chi connectivity index (χ0) is 12.1. The van der Waals surface area contributed by atoms with Crippen LogP contribution in [0.5, 0.6) is 0 Å². The lowest BCUT2D eigenvalue weighted by atomic mass is 10.1. The molecule has 0 aliphatic heterocycles. The molecule has 0 radical (unpaired) electrons. The molecule has 2 amide bonds. The molecule has 0 bridgehead atoms. The van der Waals surface area contributed by atoms with Gasteiger partial charge in [-0.15, -0.1) is 12.4 Å². The van der Waals surface area contributed by atoms with Crippen LogP contribution in [-0.4, -0.2) is 17.9 Å². The molecule has 0 aliphatic carbocycles. The molecular formula is C11H16ClN3O2. The SMILES string of the molecule is CC(N)C(=O)NCc1ccc(C(N)=O)cc1.Cl. The average molecular weight is 258 g/mol. The monoisotopic (exact) mass is 257 g/mol. The number of rotatable bonds is 4. The van der Waals surface area contributed by atoms with Gasteiger partial charge in [-0.25, -0.2) is 0 Å². The first-order valence-corrected chi connectivity index (χ1v) is 4.92. The Hall–Kier alpha value is -1.59. The summed E-state index contributed by atoms with van der Waals surface area (Å²) in [4.78, 5) is 22.0. The van der Waals surface area contributed by atoms with Crippen molar-refractivity contribution in [2.24, 2.45) is 11.5 Å². The summed E-state index contributed by atoms with van der Waals surface area (Å²) in [7, 11) is 0. The molecule has 0 heterocycles. The lowest BCUT2D eigenvalue weighted by molar-refractivity contribution is -0.122. The van der Waals surface area contributed by atoms with Crippen molar-refractivity contribution in [1.82, 2.24) is 5.32 Å². The van der Waals surface area contributed by atoms with Crippen LogP contribution < -0.4 is 16.8 Å². The number of primary amides is 1. The Bertz CT molecular complexity index is 390. The summed E-state index contributed by atoms with van der Waals surface area (Å²) in [5.74, 6) is -0.676. The van der Waals surface area contributed by atoms with Gasteiger partial charge in [0.25, 0.3) is 0 Å². The van der Waals surface area contributed by atoms with Gasteiger partial charge in [0, 0.05) is 12.1 Å². The highest BCUT2D eigenvalue weighted by atomic mass is 35.5. The van der Waals surface area contributed by atoms with Crippen LogP contribution in [0.25, 0.3) is 0 Å². The Morgan fingerprint density at radius 3 is 2.24 bits per heavy atom. The van der Waals surface area contributed by atoms with Gasteiger partial charge >= 0.3 is 0 Å². The third-order valence-corrected chi connectivity index (χ3v) is 2.12. The minimum Gasteiger partial charge on any atom is -0.366 e. The molecule has 0 aromatic heterocycles. The number of carbonyl (C=O) groups is 2. The zero-order valence-corrected chi connectivity index (χ0v) is 10.3. The molecule has 1 unspecified atom stereocenters. The second kappa shape index (κ2) is 6.88. The molecule has 1 aromatic carbocycles. The Labute approximate surface area is 106 Å². The molecule has 0 fully saturated rings. The van der Waals surface area contributed by atoms with E-state index < -0.39 is 11.9 Å². The Kier molecular flexibility index (Phi) is 6.23. The van der Waals surface area contributed by atoms with E-state index >= 15 is 0 Å². The molecule has 6 heteroatoms. The van der Waals surface area contributed by atoms with E-state index in [4.69, 9.17) is 11.5 Å². The maximum atomic E-state index is 11.2. The fraction of sp³-hybridized carbons (Fsp3) is 0.273. The van der Waals surface area contributed by atoms with Crippen LogP contribution in [0, 0.1) is 0 Å². The van der Waals surface area contributed by atoms with E-state index in [0.717, 1.165) is 5.56 Å². The molecule has 1 rings (SSSR count). The van der Waals surface area contributed by atoms with E-state index in [0.29, 0.717) is 12.1 Å². The molecule has 5 nitrogen and oxygen atoms in total. The number of nitrogens with two attached hydrogens (primary N) is 2. The fourth-order valence-electron chi connectivity index (χ4n) is 1.14. The molecule has 1 aromatic rings. The van der Waals surface area contributed by atoms with E-state index in [-0.39, 0.29) is 18.3 Å². The van der Waals surface area contributed by atoms with Crippen molar-refractivity contribution in [3.63, 3.8) is 0 Å². The van der Waals surface area contributed by atoms with Crippen molar-refractivity contribution in [2.45, 2.75) is 19.5 Å². The zero-order valence-electron chi connectivity index (χ0n) is 9.47.